The molecule has 0 amide bonds. The van der Waals surface area contributed by atoms with Crippen LogP contribution in [0, 0.1) is 0 Å². The van der Waals surface area contributed by atoms with Gasteiger partial charge in [-0.15, -0.1) is 11.8 Å². The number of hydrogen-bond donors (Lipinski definition) is 1. The first kappa shape index (κ1) is 14.3. The molecule has 1 rings (SSSR count). The van der Waals surface area contributed by atoms with Crippen LogP contribution in [0.4, 0.5) is 0 Å². The second-order valence-corrected chi connectivity index (χ2v) is 4.47. The van der Waals surface area contributed by atoms with Crippen molar-refractivity contribution in [3.05, 3.63) is 41.5 Å². The van der Waals surface area contributed by atoms with Crippen LogP contribution in [0.1, 0.15) is 11.1 Å². The zero-order chi connectivity index (χ0) is 13.4. The third kappa shape index (κ3) is 5.54. The van der Waals surface area contributed by atoms with E-state index in [9.17, 15) is 9.59 Å². The summed E-state index contributed by atoms with van der Waals surface area (Å²) >= 11 is 1.48. The predicted molar refractivity (Wildman–Crippen MR) is 71.3 cm³/mol. The van der Waals surface area contributed by atoms with Gasteiger partial charge < -0.3 is 9.84 Å². The molecule has 96 valence electrons. The average molecular weight is 266 g/mol. The molecule has 4 nitrogen and oxygen atoms in total. The number of thioether (sulfide) groups is 1. The number of carbonyl (C=O) groups is 2. The van der Waals surface area contributed by atoms with E-state index in [1.54, 1.807) is 0 Å². The number of benzene rings is 1. The van der Waals surface area contributed by atoms with Gasteiger partial charge in [-0.25, -0.2) is 4.79 Å². The first-order valence-corrected chi connectivity index (χ1v) is 6.42. The van der Waals surface area contributed by atoms with Gasteiger partial charge >= 0.3 is 11.9 Å². The van der Waals surface area contributed by atoms with Crippen molar-refractivity contribution in [3.8, 4) is 0 Å². The van der Waals surface area contributed by atoms with Crippen molar-refractivity contribution >= 4 is 29.8 Å². The molecule has 0 saturated carbocycles. The van der Waals surface area contributed by atoms with Gasteiger partial charge in [0.1, 0.15) is 0 Å². The molecule has 1 aromatic rings. The van der Waals surface area contributed by atoms with Crippen LogP contribution in [0.3, 0.4) is 0 Å². The van der Waals surface area contributed by atoms with E-state index in [2.05, 4.69) is 4.74 Å². The summed E-state index contributed by atoms with van der Waals surface area (Å²) in [6, 6.07) is 7.50. The van der Waals surface area contributed by atoms with E-state index in [-0.39, 0.29) is 5.97 Å². The highest BCUT2D eigenvalue weighted by Gasteiger charge is 2.00. The van der Waals surface area contributed by atoms with Crippen LogP contribution in [-0.4, -0.2) is 29.9 Å². The van der Waals surface area contributed by atoms with E-state index >= 15 is 0 Å². The van der Waals surface area contributed by atoms with Crippen molar-refractivity contribution in [1.82, 2.24) is 0 Å². The van der Waals surface area contributed by atoms with E-state index in [1.807, 2.05) is 24.3 Å². The largest absolute Gasteiger partial charge is 0.478 e. The number of hydrogen-bond acceptors (Lipinski definition) is 4. The summed E-state index contributed by atoms with van der Waals surface area (Å²) in [5.41, 5.74) is 1.91. The van der Waals surface area contributed by atoms with Gasteiger partial charge in [0.25, 0.3) is 0 Å². The molecule has 0 spiro atoms. The van der Waals surface area contributed by atoms with Crippen LogP contribution in [-0.2, 0) is 20.1 Å². The Kier molecular flexibility index (Phi) is 6.00. The van der Waals surface area contributed by atoms with Crippen molar-refractivity contribution in [2.24, 2.45) is 0 Å². The summed E-state index contributed by atoms with van der Waals surface area (Å²) in [5, 5.41) is 8.49. The summed E-state index contributed by atoms with van der Waals surface area (Å²) < 4.78 is 4.54. The Morgan fingerprint density at radius 1 is 1.33 bits per heavy atom. The van der Waals surface area contributed by atoms with Crippen molar-refractivity contribution < 1.29 is 19.4 Å². The molecule has 0 aliphatic heterocycles. The van der Waals surface area contributed by atoms with Crippen molar-refractivity contribution in [3.63, 3.8) is 0 Å². The molecule has 0 aliphatic rings. The lowest BCUT2D eigenvalue weighted by Gasteiger charge is -2.01. The quantitative estimate of drug-likeness (QED) is 0.631. The first-order valence-electron chi connectivity index (χ1n) is 5.26. The molecule has 0 fully saturated rings. The summed E-state index contributed by atoms with van der Waals surface area (Å²) in [6.45, 7) is 0. The SMILES string of the molecule is COC(=O)CSCc1ccc(/C=C/C(=O)O)cc1. The van der Waals surface area contributed by atoms with Gasteiger partial charge in [-0.05, 0) is 17.2 Å². The van der Waals surface area contributed by atoms with Gasteiger partial charge in [0, 0.05) is 11.8 Å². The van der Waals surface area contributed by atoms with Gasteiger partial charge in [0.05, 0.1) is 12.9 Å². The van der Waals surface area contributed by atoms with Gasteiger partial charge in [-0.3, -0.25) is 4.79 Å². The minimum atomic E-state index is -0.965. The molecule has 0 heterocycles. The first-order chi connectivity index (χ1) is 8.61. The summed E-state index contributed by atoms with van der Waals surface area (Å²) in [4.78, 5) is 21.2. The Labute approximate surface area is 110 Å². The van der Waals surface area contributed by atoms with Gasteiger partial charge in [-0.1, -0.05) is 24.3 Å². The van der Waals surface area contributed by atoms with Crippen LogP contribution in [0.25, 0.3) is 6.08 Å². The van der Waals surface area contributed by atoms with Gasteiger partial charge in [-0.2, -0.15) is 0 Å². The molecule has 0 aromatic heterocycles. The average Bonchev–Trinajstić information content (AvgIpc) is 2.37. The zero-order valence-electron chi connectivity index (χ0n) is 9.96. The topological polar surface area (TPSA) is 63.6 Å². The lowest BCUT2D eigenvalue weighted by Crippen LogP contribution is -2.03. The monoisotopic (exact) mass is 266 g/mol. The minimum absolute atomic E-state index is 0.235. The number of ether oxygens (including phenoxy) is 1. The Hall–Kier alpha value is -1.75. The number of carbonyl (C=O) groups excluding carboxylic acids is 1. The van der Waals surface area contributed by atoms with Crippen LogP contribution in [0.5, 0.6) is 0 Å². The number of aliphatic carboxylic acids is 1. The van der Waals surface area contributed by atoms with E-state index in [0.717, 1.165) is 23.0 Å². The smallest absolute Gasteiger partial charge is 0.328 e. The van der Waals surface area contributed by atoms with Crippen molar-refractivity contribution in [2.45, 2.75) is 5.75 Å². The van der Waals surface area contributed by atoms with E-state index in [4.69, 9.17) is 5.11 Å². The number of carboxylic acids is 1. The van der Waals surface area contributed by atoms with Crippen LogP contribution < -0.4 is 0 Å². The fourth-order valence-electron chi connectivity index (χ4n) is 1.20. The molecule has 0 saturated heterocycles. The maximum atomic E-state index is 10.9. The number of esters is 1. The lowest BCUT2D eigenvalue weighted by molar-refractivity contribution is -0.137. The Bertz CT molecular complexity index is 437. The standard InChI is InChI=1S/C13H14O4S/c1-17-13(16)9-18-8-11-4-2-10(3-5-11)6-7-12(14)15/h2-7H,8-9H2,1H3,(H,14,15)/b7-6+. The van der Waals surface area contributed by atoms with Crippen molar-refractivity contribution in [2.75, 3.05) is 12.9 Å². The predicted octanol–water partition coefficient (Wildman–Crippen LogP) is 2.19. The maximum Gasteiger partial charge on any atom is 0.328 e. The third-order valence-electron chi connectivity index (χ3n) is 2.11. The number of methoxy groups -OCH3 is 1. The second kappa shape index (κ2) is 7.55. The fourth-order valence-corrected chi connectivity index (χ4v) is 2.02. The third-order valence-corrected chi connectivity index (χ3v) is 3.09. The summed E-state index contributed by atoms with van der Waals surface area (Å²) in [7, 11) is 1.37. The summed E-state index contributed by atoms with van der Waals surface area (Å²) in [6.07, 6.45) is 2.63. The van der Waals surface area contributed by atoms with E-state index in [1.165, 1.54) is 24.9 Å². The van der Waals surface area contributed by atoms with Crippen molar-refractivity contribution in [1.29, 1.82) is 0 Å². The number of carboxylic acid groups (broad SMARTS) is 1. The molecule has 0 unspecified atom stereocenters. The zero-order valence-corrected chi connectivity index (χ0v) is 10.8. The normalized spacial score (nSPS) is 10.5. The molecule has 0 radical (unpaired) electrons. The van der Waals surface area contributed by atoms with Gasteiger partial charge in [0.2, 0.25) is 0 Å². The van der Waals surface area contributed by atoms with E-state index < -0.39 is 5.97 Å². The maximum absolute atomic E-state index is 10.9. The molecule has 0 aliphatic carbocycles. The molecule has 0 bridgehead atoms. The molecule has 1 N–H and O–H groups in total. The molecule has 0 atom stereocenters. The highest BCUT2D eigenvalue weighted by Crippen LogP contribution is 2.14. The fraction of sp³-hybridized carbons (Fsp3) is 0.231. The van der Waals surface area contributed by atoms with Crippen LogP contribution >= 0.6 is 11.8 Å². The van der Waals surface area contributed by atoms with Crippen LogP contribution in [0.2, 0.25) is 0 Å². The highest BCUT2D eigenvalue weighted by atomic mass is 32.2. The Morgan fingerprint density at radius 3 is 2.56 bits per heavy atom. The molecular weight excluding hydrogens is 252 g/mol. The lowest BCUT2D eigenvalue weighted by atomic mass is 10.1. The Morgan fingerprint density at radius 2 is 2.00 bits per heavy atom. The molecule has 5 heteroatoms. The number of rotatable bonds is 6. The highest BCUT2D eigenvalue weighted by molar-refractivity contribution is 7.99. The summed E-state index contributed by atoms with van der Waals surface area (Å²) in [5.74, 6) is -0.149. The van der Waals surface area contributed by atoms with Gasteiger partial charge in [0.15, 0.2) is 0 Å². The van der Waals surface area contributed by atoms with Crippen LogP contribution in [0.15, 0.2) is 30.3 Å². The molecule has 1 aromatic carbocycles. The second-order valence-electron chi connectivity index (χ2n) is 3.48. The minimum Gasteiger partial charge on any atom is -0.478 e. The molecular formula is C13H14O4S. The molecule has 18 heavy (non-hydrogen) atoms. The van der Waals surface area contributed by atoms with E-state index in [0.29, 0.717) is 5.75 Å². The Balaban J connectivity index is 2.45.